The molecule has 1 aliphatic rings. The molecule has 2 aromatic carbocycles. The second-order valence-electron chi connectivity index (χ2n) is 8.25. The molecule has 4 rings (SSSR count). The highest BCUT2D eigenvalue weighted by Crippen LogP contribution is 2.36. The number of nitrogens with two attached hydrogens (primary N) is 1. The van der Waals surface area contributed by atoms with Crippen LogP contribution >= 0.6 is 0 Å². The van der Waals surface area contributed by atoms with Crippen molar-refractivity contribution >= 4 is 16.8 Å². The highest BCUT2D eigenvalue weighted by molar-refractivity contribution is 6.00. The van der Waals surface area contributed by atoms with E-state index in [-0.39, 0.29) is 18.0 Å². The van der Waals surface area contributed by atoms with Crippen LogP contribution in [0.2, 0.25) is 0 Å². The molecule has 1 aliphatic carbocycles. The number of benzene rings is 2. The van der Waals surface area contributed by atoms with Crippen molar-refractivity contribution < 1.29 is 14.3 Å². The summed E-state index contributed by atoms with van der Waals surface area (Å²) in [6.45, 7) is 2.13. The van der Waals surface area contributed by atoms with Crippen LogP contribution in [0, 0.1) is 0 Å². The normalized spacial score (nSPS) is 18.7. The Bertz CT molecular complexity index is 1080. The Morgan fingerprint density at radius 2 is 1.81 bits per heavy atom. The summed E-state index contributed by atoms with van der Waals surface area (Å²) in [6.07, 6.45) is 4.67. The van der Waals surface area contributed by atoms with E-state index in [0.29, 0.717) is 17.1 Å². The van der Waals surface area contributed by atoms with Gasteiger partial charge < -0.3 is 25.5 Å². The van der Waals surface area contributed by atoms with Gasteiger partial charge in [-0.3, -0.25) is 4.79 Å². The van der Waals surface area contributed by atoms with Gasteiger partial charge in [-0.05, 0) is 74.1 Å². The Morgan fingerprint density at radius 1 is 1.06 bits per heavy atom. The Hall–Kier alpha value is -2.99. The predicted octanol–water partition coefficient (Wildman–Crippen LogP) is 4.41. The first kappa shape index (κ1) is 21.2. The van der Waals surface area contributed by atoms with Crippen molar-refractivity contribution in [3.63, 3.8) is 0 Å². The van der Waals surface area contributed by atoms with Crippen LogP contribution in [0.4, 0.5) is 0 Å². The van der Waals surface area contributed by atoms with E-state index in [1.54, 1.807) is 14.2 Å². The number of rotatable bonds is 6. The summed E-state index contributed by atoms with van der Waals surface area (Å²) < 4.78 is 10.8. The molecule has 1 aromatic heterocycles. The standard InChI is InChI=1S/C25H31N3O3/c1-4-19-20-13-16(25(29)27-18-9-7-17(26)8-10-18)5-11-21(20)28-24(19)15-6-12-22(30-2)23(14-15)31-3/h5-6,11-14,17-18,28H,4,7-10,26H2,1-3H3,(H,27,29)/t17-,18-. The van der Waals surface area contributed by atoms with Gasteiger partial charge in [-0.15, -0.1) is 0 Å². The first-order valence-electron chi connectivity index (χ1n) is 11.0. The molecular weight excluding hydrogens is 390 g/mol. The number of fused-ring (bicyclic) bond motifs is 1. The van der Waals surface area contributed by atoms with Crippen molar-refractivity contribution in [3.8, 4) is 22.8 Å². The van der Waals surface area contributed by atoms with E-state index in [1.165, 1.54) is 5.56 Å². The zero-order chi connectivity index (χ0) is 22.0. The van der Waals surface area contributed by atoms with Crippen LogP contribution in [-0.2, 0) is 6.42 Å². The number of carbonyl (C=O) groups is 1. The molecule has 1 fully saturated rings. The van der Waals surface area contributed by atoms with Gasteiger partial charge in [0.05, 0.1) is 14.2 Å². The number of ether oxygens (including phenoxy) is 2. The number of methoxy groups -OCH3 is 2. The molecular formula is C25H31N3O3. The van der Waals surface area contributed by atoms with Crippen LogP contribution < -0.4 is 20.5 Å². The maximum atomic E-state index is 12.9. The molecule has 0 unspecified atom stereocenters. The average molecular weight is 422 g/mol. The molecule has 6 heteroatoms. The molecule has 0 bridgehead atoms. The zero-order valence-corrected chi connectivity index (χ0v) is 18.5. The van der Waals surface area contributed by atoms with Crippen LogP contribution in [0.5, 0.6) is 11.5 Å². The zero-order valence-electron chi connectivity index (χ0n) is 18.5. The lowest BCUT2D eigenvalue weighted by molar-refractivity contribution is 0.0926. The van der Waals surface area contributed by atoms with Gasteiger partial charge in [0.15, 0.2) is 11.5 Å². The fraction of sp³-hybridized carbons (Fsp3) is 0.400. The Balaban J connectivity index is 1.65. The number of carbonyl (C=O) groups excluding carboxylic acids is 1. The summed E-state index contributed by atoms with van der Waals surface area (Å²) in [5.41, 5.74) is 10.9. The van der Waals surface area contributed by atoms with E-state index in [0.717, 1.165) is 54.3 Å². The van der Waals surface area contributed by atoms with Crippen LogP contribution in [-0.4, -0.2) is 37.2 Å². The minimum Gasteiger partial charge on any atom is -0.493 e. The smallest absolute Gasteiger partial charge is 0.251 e. The molecule has 3 aromatic rings. The van der Waals surface area contributed by atoms with Crippen molar-refractivity contribution in [2.75, 3.05) is 14.2 Å². The SMILES string of the molecule is CCc1c(-c2ccc(OC)c(OC)c2)[nH]c2ccc(C(=O)N[C@H]3CC[C@H](N)CC3)cc12. The van der Waals surface area contributed by atoms with Gasteiger partial charge >= 0.3 is 0 Å². The largest absolute Gasteiger partial charge is 0.493 e. The number of aromatic nitrogens is 1. The number of H-pyrrole nitrogens is 1. The molecule has 1 amide bonds. The van der Waals surface area contributed by atoms with E-state index < -0.39 is 0 Å². The van der Waals surface area contributed by atoms with Gasteiger partial charge in [0.25, 0.3) is 5.91 Å². The van der Waals surface area contributed by atoms with Gasteiger partial charge in [-0.25, -0.2) is 0 Å². The van der Waals surface area contributed by atoms with Gasteiger partial charge in [-0.2, -0.15) is 0 Å². The first-order valence-corrected chi connectivity index (χ1v) is 11.0. The molecule has 4 N–H and O–H groups in total. The average Bonchev–Trinajstić information content (AvgIpc) is 3.17. The minimum atomic E-state index is -0.0155. The lowest BCUT2D eigenvalue weighted by Crippen LogP contribution is -2.40. The molecule has 0 saturated heterocycles. The van der Waals surface area contributed by atoms with Crippen molar-refractivity contribution in [1.82, 2.24) is 10.3 Å². The minimum absolute atomic E-state index is 0.0155. The quantitative estimate of drug-likeness (QED) is 0.550. The maximum absolute atomic E-state index is 12.9. The maximum Gasteiger partial charge on any atom is 0.251 e. The summed E-state index contributed by atoms with van der Waals surface area (Å²) in [7, 11) is 3.27. The van der Waals surface area contributed by atoms with Gasteiger partial charge in [-0.1, -0.05) is 6.92 Å². The lowest BCUT2D eigenvalue weighted by Gasteiger charge is -2.26. The molecule has 0 radical (unpaired) electrons. The third kappa shape index (κ3) is 4.26. The highest BCUT2D eigenvalue weighted by Gasteiger charge is 2.21. The van der Waals surface area contributed by atoms with E-state index >= 15 is 0 Å². The van der Waals surface area contributed by atoms with Crippen molar-refractivity contribution in [3.05, 3.63) is 47.5 Å². The monoisotopic (exact) mass is 421 g/mol. The summed E-state index contributed by atoms with van der Waals surface area (Å²) >= 11 is 0. The summed E-state index contributed by atoms with van der Waals surface area (Å²) in [6, 6.07) is 12.3. The Morgan fingerprint density at radius 3 is 2.48 bits per heavy atom. The highest BCUT2D eigenvalue weighted by atomic mass is 16.5. The van der Waals surface area contributed by atoms with E-state index in [4.69, 9.17) is 15.2 Å². The fourth-order valence-corrected chi connectivity index (χ4v) is 4.53. The topological polar surface area (TPSA) is 89.4 Å². The molecule has 0 spiro atoms. The third-order valence-electron chi connectivity index (χ3n) is 6.30. The van der Waals surface area contributed by atoms with Crippen LogP contribution in [0.15, 0.2) is 36.4 Å². The van der Waals surface area contributed by atoms with Gasteiger partial charge in [0, 0.05) is 39.8 Å². The van der Waals surface area contributed by atoms with E-state index in [9.17, 15) is 4.79 Å². The van der Waals surface area contributed by atoms with E-state index in [1.807, 2.05) is 36.4 Å². The summed E-state index contributed by atoms with van der Waals surface area (Å²) in [5, 5.41) is 4.26. The molecule has 164 valence electrons. The first-order chi connectivity index (χ1) is 15.0. The number of hydrogen-bond acceptors (Lipinski definition) is 4. The molecule has 6 nitrogen and oxygen atoms in total. The van der Waals surface area contributed by atoms with Crippen LogP contribution in [0.3, 0.4) is 0 Å². The fourth-order valence-electron chi connectivity index (χ4n) is 4.53. The molecule has 0 atom stereocenters. The molecule has 31 heavy (non-hydrogen) atoms. The van der Waals surface area contributed by atoms with Gasteiger partial charge in [0.1, 0.15) is 0 Å². The molecule has 1 saturated carbocycles. The Labute approximate surface area is 183 Å². The number of amides is 1. The number of hydrogen-bond donors (Lipinski definition) is 3. The third-order valence-corrected chi connectivity index (χ3v) is 6.30. The van der Waals surface area contributed by atoms with Gasteiger partial charge in [0.2, 0.25) is 0 Å². The van der Waals surface area contributed by atoms with Crippen LogP contribution in [0.25, 0.3) is 22.2 Å². The second-order valence-corrected chi connectivity index (χ2v) is 8.25. The second kappa shape index (κ2) is 9.02. The lowest BCUT2D eigenvalue weighted by atomic mass is 9.91. The molecule has 1 heterocycles. The summed E-state index contributed by atoms with van der Waals surface area (Å²) in [4.78, 5) is 16.4. The number of aromatic amines is 1. The molecule has 0 aliphatic heterocycles. The predicted molar refractivity (Wildman–Crippen MR) is 124 cm³/mol. The number of nitrogens with one attached hydrogen (secondary N) is 2. The van der Waals surface area contributed by atoms with Crippen LogP contribution in [0.1, 0.15) is 48.5 Å². The van der Waals surface area contributed by atoms with E-state index in [2.05, 4.69) is 17.2 Å². The van der Waals surface area contributed by atoms with Crippen molar-refractivity contribution in [2.24, 2.45) is 5.73 Å². The number of aryl methyl sites for hydroxylation is 1. The summed E-state index contributed by atoms with van der Waals surface area (Å²) in [5.74, 6) is 1.37. The van der Waals surface area contributed by atoms with Crippen molar-refractivity contribution in [2.45, 2.75) is 51.1 Å². The Kier molecular flexibility index (Phi) is 6.18. The van der Waals surface area contributed by atoms with Crippen molar-refractivity contribution in [1.29, 1.82) is 0 Å².